The molecule has 4 rings (SSSR count). The maximum Gasteiger partial charge on any atom is 0.249 e. The number of benzene rings is 1. The predicted molar refractivity (Wildman–Crippen MR) is 115 cm³/mol. The number of aromatic nitrogens is 3. The van der Waals surface area contributed by atoms with Crippen molar-refractivity contribution < 1.29 is 9.53 Å². The van der Waals surface area contributed by atoms with Gasteiger partial charge in [-0.15, -0.1) is 11.3 Å². The predicted octanol–water partition coefficient (Wildman–Crippen LogP) is 4.90. The van der Waals surface area contributed by atoms with Gasteiger partial charge in [-0.25, -0.2) is 4.98 Å². The fraction of sp³-hybridized carbons (Fsp3) is 0.150. The normalized spacial score (nSPS) is 11.4. The average molecular weight is 411 g/mol. The largest absolute Gasteiger partial charge is 0.492 e. The standard InChI is InChI=1S/C20H18N4O2S2/c1-3-26-15-7-4-8-16-19(15)22-20(28-16)24-17(12-13(2)23-24)21-18(25)10-9-14-6-5-11-27-14/h4-12H,3H2,1-2H3,(H,21,25)/b10-9+. The molecule has 0 bridgehead atoms. The number of thiazole rings is 1. The maximum absolute atomic E-state index is 12.3. The van der Waals surface area contributed by atoms with Crippen LogP contribution in [0.2, 0.25) is 0 Å². The summed E-state index contributed by atoms with van der Waals surface area (Å²) in [5.74, 6) is 1.11. The van der Waals surface area contributed by atoms with Gasteiger partial charge in [0.05, 0.1) is 17.0 Å². The number of anilines is 1. The van der Waals surface area contributed by atoms with E-state index in [0.29, 0.717) is 17.6 Å². The number of hydrogen-bond acceptors (Lipinski definition) is 6. The highest BCUT2D eigenvalue weighted by molar-refractivity contribution is 7.20. The number of nitrogens with zero attached hydrogens (tertiary/aromatic N) is 3. The van der Waals surface area contributed by atoms with Gasteiger partial charge in [-0.1, -0.05) is 23.5 Å². The zero-order valence-corrected chi connectivity index (χ0v) is 17.0. The second kappa shape index (κ2) is 7.95. The molecule has 0 atom stereocenters. The van der Waals surface area contributed by atoms with Crippen molar-refractivity contribution in [2.75, 3.05) is 11.9 Å². The lowest BCUT2D eigenvalue weighted by molar-refractivity contribution is -0.111. The number of fused-ring (bicyclic) bond motifs is 1. The average Bonchev–Trinajstić information content (AvgIpc) is 3.40. The molecule has 142 valence electrons. The Hall–Kier alpha value is -2.97. The zero-order valence-electron chi connectivity index (χ0n) is 15.4. The highest BCUT2D eigenvalue weighted by atomic mass is 32.1. The minimum absolute atomic E-state index is 0.217. The fourth-order valence-corrected chi connectivity index (χ4v) is 4.29. The molecule has 0 spiro atoms. The first-order chi connectivity index (χ1) is 13.6. The summed E-state index contributed by atoms with van der Waals surface area (Å²) in [7, 11) is 0. The molecular weight excluding hydrogens is 392 g/mol. The minimum atomic E-state index is -0.217. The highest BCUT2D eigenvalue weighted by Gasteiger charge is 2.15. The van der Waals surface area contributed by atoms with E-state index >= 15 is 0 Å². The summed E-state index contributed by atoms with van der Waals surface area (Å²) in [5.41, 5.74) is 1.59. The minimum Gasteiger partial charge on any atom is -0.492 e. The Morgan fingerprint density at radius 2 is 2.21 bits per heavy atom. The van der Waals surface area contributed by atoms with Crippen molar-refractivity contribution in [3.8, 4) is 10.9 Å². The number of amides is 1. The van der Waals surface area contributed by atoms with E-state index in [-0.39, 0.29) is 5.91 Å². The quantitative estimate of drug-likeness (QED) is 0.459. The fourth-order valence-electron chi connectivity index (χ4n) is 2.72. The molecule has 0 radical (unpaired) electrons. The van der Waals surface area contributed by atoms with E-state index in [9.17, 15) is 4.79 Å². The van der Waals surface area contributed by atoms with Crippen LogP contribution in [0.4, 0.5) is 5.82 Å². The summed E-state index contributed by atoms with van der Waals surface area (Å²) >= 11 is 3.08. The van der Waals surface area contributed by atoms with Crippen LogP contribution in [0.1, 0.15) is 17.5 Å². The highest BCUT2D eigenvalue weighted by Crippen LogP contribution is 2.32. The van der Waals surface area contributed by atoms with Crippen molar-refractivity contribution >= 4 is 50.7 Å². The van der Waals surface area contributed by atoms with E-state index in [1.165, 1.54) is 17.4 Å². The molecule has 0 aliphatic heterocycles. The van der Waals surface area contributed by atoms with Gasteiger partial charge in [-0.3, -0.25) is 4.79 Å². The third-order valence-electron chi connectivity index (χ3n) is 3.88. The molecule has 1 amide bonds. The summed E-state index contributed by atoms with van der Waals surface area (Å²) in [6, 6.07) is 11.6. The lowest BCUT2D eigenvalue weighted by atomic mass is 10.3. The van der Waals surface area contributed by atoms with Gasteiger partial charge < -0.3 is 10.1 Å². The number of thiophene rings is 1. The first-order valence-corrected chi connectivity index (χ1v) is 10.5. The van der Waals surface area contributed by atoms with Crippen LogP contribution in [0.25, 0.3) is 21.4 Å². The number of carbonyl (C=O) groups excluding carboxylic acids is 1. The van der Waals surface area contributed by atoms with Gasteiger partial charge in [0.1, 0.15) is 17.1 Å². The lowest BCUT2D eigenvalue weighted by Crippen LogP contribution is -2.12. The lowest BCUT2D eigenvalue weighted by Gasteiger charge is -2.04. The van der Waals surface area contributed by atoms with Crippen molar-refractivity contribution in [2.24, 2.45) is 0 Å². The van der Waals surface area contributed by atoms with Crippen LogP contribution < -0.4 is 10.1 Å². The van der Waals surface area contributed by atoms with E-state index in [4.69, 9.17) is 9.72 Å². The van der Waals surface area contributed by atoms with Gasteiger partial charge in [0, 0.05) is 17.0 Å². The van der Waals surface area contributed by atoms with Crippen LogP contribution in [-0.4, -0.2) is 27.3 Å². The third-order valence-corrected chi connectivity index (χ3v) is 5.71. The first-order valence-electron chi connectivity index (χ1n) is 8.76. The van der Waals surface area contributed by atoms with Gasteiger partial charge >= 0.3 is 0 Å². The zero-order chi connectivity index (χ0) is 19.5. The van der Waals surface area contributed by atoms with Crippen LogP contribution in [-0.2, 0) is 4.79 Å². The number of rotatable bonds is 6. The van der Waals surface area contributed by atoms with E-state index in [2.05, 4.69) is 10.4 Å². The van der Waals surface area contributed by atoms with Crippen molar-refractivity contribution in [1.29, 1.82) is 0 Å². The Morgan fingerprint density at radius 1 is 1.32 bits per heavy atom. The van der Waals surface area contributed by atoms with Gasteiger partial charge in [-0.05, 0) is 43.5 Å². The summed E-state index contributed by atoms with van der Waals surface area (Å²) < 4.78 is 8.34. The monoisotopic (exact) mass is 410 g/mol. The number of ether oxygens (including phenoxy) is 1. The number of nitrogens with one attached hydrogen (secondary N) is 1. The van der Waals surface area contributed by atoms with E-state index in [1.54, 1.807) is 22.1 Å². The van der Waals surface area contributed by atoms with Crippen LogP contribution in [0.5, 0.6) is 5.75 Å². The molecule has 28 heavy (non-hydrogen) atoms. The van der Waals surface area contributed by atoms with Gasteiger partial charge in [0.25, 0.3) is 0 Å². The van der Waals surface area contributed by atoms with Crippen molar-refractivity contribution in [3.63, 3.8) is 0 Å². The SMILES string of the molecule is CCOc1cccc2sc(-n3nc(C)cc3NC(=O)/C=C/c3cccs3)nc12. The summed E-state index contributed by atoms with van der Waals surface area (Å²) in [5, 5.41) is 10.0. The molecule has 0 aliphatic rings. The molecular formula is C20H18N4O2S2. The molecule has 0 saturated heterocycles. The van der Waals surface area contributed by atoms with Crippen molar-refractivity contribution in [3.05, 3.63) is 58.4 Å². The maximum atomic E-state index is 12.3. The van der Waals surface area contributed by atoms with Crippen molar-refractivity contribution in [1.82, 2.24) is 14.8 Å². The topological polar surface area (TPSA) is 69.0 Å². The Balaban J connectivity index is 1.63. The number of hydrogen-bond donors (Lipinski definition) is 1. The van der Waals surface area contributed by atoms with Gasteiger partial charge in [-0.2, -0.15) is 9.78 Å². The molecule has 3 heterocycles. The molecule has 3 aromatic heterocycles. The Morgan fingerprint density at radius 3 is 3.00 bits per heavy atom. The smallest absolute Gasteiger partial charge is 0.249 e. The molecule has 6 nitrogen and oxygen atoms in total. The van der Waals surface area contributed by atoms with Gasteiger partial charge in [0.2, 0.25) is 11.0 Å². The molecule has 0 aliphatic carbocycles. The Bertz CT molecular complexity index is 1140. The van der Waals surface area contributed by atoms with Gasteiger partial charge in [0.15, 0.2) is 0 Å². The Labute approximate surface area is 170 Å². The van der Waals surface area contributed by atoms with E-state index in [0.717, 1.165) is 26.5 Å². The van der Waals surface area contributed by atoms with Crippen molar-refractivity contribution in [2.45, 2.75) is 13.8 Å². The molecule has 0 unspecified atom stereocenters. The van der Waals surface area contributed by atoms with Crippen LogP contribution in [0.3, 0.4) is 0 Å². The van der Waals surface area contributed by atoms with E-state index < -0.39 is 0 Å². The number of carbonyl (C=O) groups is 1. The summed E-state index contributed by atoms with van der Waals surface area (Å²) in [6.45, 7) is 4.40. The summed E-state index contributed by atoms with van der Waals surface area (Å²) in [4.78, 5) is 18.1. The van der Waals surface area contributed by atoms with Crippen LogP contribution >= 0.6 is 22.7 Å². The molecule has 0 fully saturated rings. The molecule has 8 heteroatoms. The molecule has 0 saturated carbocycles. The van der Waals surface area contributed by atoms with Crippen LogP contribution in [0.15, 0.2) is 47.9 Å². The Kier molecular flexibility index (Phi) is 5.23. The number of para-hydroxylation sites is 1. The molecule has 1 aromatic carbocycles. The molecule has 4 aromatic rings. The third kappa shape index (κ3) is 3.83. The second-order valence-electron chi connectivity index (χ2n) is 5.95. The van der Waals surface area contributed by atoms with E-state index in [1.807, 2.05) is 55.6 Å². The first kappa shape index (κ1) is 18.4. The number of aryl methyl sites for hydroxylation is 1. The summed E-state index contributed by atoms with van der Waals surface area (Å²) in [6.07, 6.45) is 3.31. The molecule has 1 N–H and O–H groups in total. The van der Waals surface area contributed by atoms with Crippen LogP contribution in [0, 0.1) is 6.92 Å². The second-order valence-corrected chi connectivity index (χ2v) is 7.94.